The van der Waals surface area contributed by atoms with Crippen LogP contribution in [0.2, 0.25) is 5.02 Å². The van der Waals surface area contributed by atoms with Gasteiger partial charge in [-0.25, -0.2) is 4.39 Å². The van der Waals surface area contributed by atoms with Gasteiger partial charge in [-0.2, -0.15) is 10.1 Å². The number of nitrogens with one attached hydrogen (secondary N) is 1. The summed E-state index contributed by atoms with van der Waals surface area (Å²) < 4.78 is 21.1. The zero-order valence-corrected chi connectivity index (χ0v) is 18.2. The number of carbonyl (C=O) groups excluding carboxylic acids is 1. The van der Waals surface area contributed by atoms with Gasteiger partial charge in [-0.3, -0.25) is 9.48 Å². The summed E-state index contributed by atoms with van der Waals surface area (Å²) in [6.45, 7) is 1.85. The molecule has 0 aliphatic carbocycles. The molecule has 0 spiro atoms. The summed E-state index contributed by atoms with van der Waals surface area (Å²) in [5, 5.41) is 12.2. The van der Waals surface area contributed by atoms with Crippen LogP contribution in [-0.4, -0.2) is 25.8 Å². The number of rotatable bonds is 5. The molecule has 0 saturated carbocycles. The molecule has 0 aliphatic heterocycles. The molecule has 3 aromatic carbocycles. The predicted octanol–water partition coefficient (Wildman–Crippen LogP) is 5.49. The van der Waals surface area contributed by atoms with Crippen molar-refractivity contribution in [3.63, 3.8) is 0 Å². The molecule has 5 aromatic rings. The van der Waals surface area contributed by atoms with Crippen molar-refractivity contribution in [1.82, 2.24) is 19.9 Å². The van der Waals surface area contributed by atoms with Crippen molar-refractivity contribution < 1.29 is 13.7 Å². The number of fused-ring (bicyclic) bond motifs is 1. The lowest BCUT2D eigenvalue weighted by atomic mass is 10.1. The molecule has 1 amide bonds. The Morgan fingerprint density at radius 1 is 1.12 bits per heavy atom. The maximum absolute atomic E-state index is 14.0. The SMILES string of the molecule is Cc1cccc(-c2noc(-c3nn(CC(=O)Nc4ccc(Cl)cc4F)c4ccccc34)n2)c1. The van der Waals surface area contributed by atoms with Crippen molar-refractivity contribution in [2.45, 2.75) is 13.5 Å². The summed E-state index contributed by atoms with van der Waals surface area (Å²) in [4.78, 5) is 17.1. The van der Waals surface area contributed by atoms with Gasteiger partial charge >= 0.3 is 0 Å². The second-order valence-electron chi connectivity index (χ2n) is 7.49. The van der Waals surface area contributed by atoms with Gasteiger partial charge in [0.05, 0.1) is 11.2 Å². The van der Waals surface area contributed by atoms with E-state index >= 15 is 0 Å². The quantitative estimate of drug-likeness (QED) is 0.374. The number of anilines is 1. The molecular formula is C24H17ClFN5O2. The fourth-order valence-electron chi connectivity index (χ4n) is 3.54. The molecule has 0 bridgehead atoms. The highest BCUT2D eigenvalue weighted by molar-refractivity contribution is 6.30. The molecule has 9 heteroatoms. The van der Waals surface area contributed by atoms with Gasteiger partial charge < -0.3 is 9.84 Å². The van der Waals surface area contributed by atoms with Crippen molar-refractivity contribution in [2.24, 2.45) is 0 Å². The summed E-state index contributed by atoms with van der Waals surface area (Å²) in [6.07, 6.45) is 0. The number of para-hydroxylation sites is 1. The first kappa shape index (κ1) is 20.8. The number of benzene rings is 3. The monoisotopic (exact) mass is 461 g/mol. The Kier molecular flexibility index (Phi) is 5.35. The third kappa shape index (κ3) is 4.20. The van der Waals surface area contributed by atoms with Crippen LogP contribution < -0.4 is 5.32 Å². The molecule has 5 rings (SSSR count). The number of carbonyl (C=O) groups is 1. The van der Waals surface area contributed by atoms with Crippen LogP contribution in [0.25, 0.3) is 33.9 Å². The molecule has 0 radical (unpaired) electrons. The van der Waals surface area contributed by atoms with Crippen molar-refractivity contribution >= 4 is 34.1 Å². The van der Waals surface area contributed by atoms with Gasteiger partial charge in [-0.15, -0.1) is 0 Å². The Labute approximate surface area is 192 Å². The van der Waals surface area contributed by atoms with E-state index in [-0.39, 0.29) is 23.1 Å². The molecule has 7 nitrogen and oxygen atoms in total. The average molecular weight is 462 g/mol. The molecule has 164 valence electrons. The molecule has 1 N–H and O–H groups in total. The molecule has 33 heavy (non-hydrogen) atoms. The number of hydrogen-bond acceptors (Lipinski definition) is 5. The smallest absolute Gasteiger partial charge is 0.279 e. The third-order valence-corrected chi connectivity index (χ3v) is 5.30. The molecule has 2 heterocycles. The summed E-state index contributed by atoms with van der Waals surface area (Å²) in [7, 11) is 0. The molecule has 0 aliphatic rings. The first-order chi connectivity index (χ1) is 16.0. The fourth-order valence-corrected chi connectivity index (χ4v) is 3.70. The highest BCUT2D eigenvalue weighted by Crippen LogP contribution is 2.29. The van der Waals surface area contributed by atoms with Gasteiger partial charge in [0.1, 0.15) is 12.4 Å². The topological polar surface area (TPSA) is 85.8 Å². The molecule has 0 saturated heterocycles. The molecule has 0 atom stereocenters. The van der Waals surface area contributed by atoms with E-state index in [1.807, 2.05) is 55.5 Å². The largest absolute Gasteiger partial charge is 0.332 e. The molecule has 0 fully saturated rings. The molecular weight excluding hydrogens is 445 g/mol. The van der Waals surface area contributed by atoms with Gasteiger partial charge in [-0.1, -0.05) is 58.7 Å². The normalized spacial score (nSPS) is 11.1. The number of aromatic nitrogens is 4. The third-order valence-electron chi connectivity index (χ3n) is 5.06. The molecule has 0 unspecified atom stereocenters. The number of nitrogens with zero attached hydrogens (tertiary/aromatic N) is 4. The lowest BCUT2D eigenvalue weighted by Crippen LogP contribution is -2.20. The standard InChI is InChI=1S/C24H17ClFN5O2/c1-14-5-4-6-15(11-14)23-28-24(33-30-23)22-17-7-2-3-8-20(17)31(29-22)13-21(32)27-19-10-9-16(25)12-18(19)26/h2-12H,13H2,1H3,(H,27,32). The number of amides is 1. The van der Waals surface area contributed by atoms with Crippen molar-refractivity contribution in [2.75, 3.05) is 5.32 Å². The van der Waals surface area contributed by atoms with Gasteiger partial charge in [0, 0.05) is 16.0 Å². The van der Waals surface area contributed by atoms with E-state index in [0.29, 0.717) is 17.0 Å². The zero-order valence-electron chi connectivity index (χ0n) is 17.4. The first-order valence-electron chi connectivity index (χ1n) is 10.1. The highest BCUT2D eigenvalue weighted by Gasteiger charge is 2.20. The lowest BCUT2D eigenvalue weighted by Gasteiger charge is -2.07. The van der Waals surface area contributed by atoms with Crippen molar-refractivity contribution in [3.05, 3.63) is 83.1 Å². The summed E-state index contributed by atoms with van der Waals surface area (Å²) in [5.41, 5.74) is 3.12. The number of hydrogen-bond donors (Lipinski definition) is 1. The average Bonchev–Trinajstić information content (AvgIpc) is 3.41. The van der Waals surface area contributed by atoms with E-state index in [4.69, 9.17) is 16.1 Å². The van der Waals surface area contributed by atoms with Crippen LogP contribution >= 0.6 is 11.6 Å². The maximum atomic E-state index is 14.0. The van der Waals surface area contributed by atoms with Crippen LogP contribution in [0.15, 0.2) is 71.3 Å². The number of aryl methyl sites for hydroxylation is 1. The second kappa shape index (κ2) is 8.48. The summed E-state index contributed by atoms with van der Waals surface area (Å²) in [6, 6.07) is 19.2. The van der Waals surface area contributed by atoms with E-state index in [2.05, 4.69) is 20.6 Å². The zero-order chi connectivity index (χ0) is 22.9. The Morgan fingerprint density at radius 2 is 1.97 bits per heavy atom. The van der Waals surface area contributed by atoms with Crippen LogP contribution in [0.5, 0.6) is 0 Å². The van der Waals surface area contributed by atoms with Gasteiger partial charge in [0.15, 0.2) is 5.69 Å². The van der Waals surface area contributed by atoms with Gasteiger partial charge in [0.2, 0.25) is 11.7 Å². The summed E-state index contributed by atoms with van der Waals surface area (Å²) >= 11 is 5.77. The van der Waals surface area contributed by atoms with Crippen LogP contribution in [0.3, 0.4) is 0 Å². The Balaban J connectivity index is 1.46. The van der Waals surface area contributed by atoms with E-state index in [9.17, 15) is 9.18 Å². The van der Waals surface area contributed by atoms with E-state index < -0.39 is 11.7 Å². The Hall–Kier alpha value is -4.04. The van der Waals surface area contributed by atoms with Crippen LogP contribution in [0.4, 0.5) is 10.1 Å². The maximum Gasteiger partial charge on any atom is 0.279 e. The Bertz CT molecular complexity index is 1490. The second-order valence-corrected chi connectivity index (χ2v) is 7.92. The Morgan fingerprint density at radius 3 is 2.79 bits per heavy atom. The van der Waals surface area contributed by atoms with Crippen molar-refractivity contribution in [3.8, 4) is 23.0 Å². The fraction of sp³-hybridized carbons (Fsp3) is 0.0833. The summed E-state index contributed by atoms with van der Waals surface area (Å²) in [5.74, 6) is -0.368. The van der Waals surface area contributed by atoms with E-state index in [1.165, 1.54) is 16.8 Å². The minimum Gasteiger partial charge on any atom is -0.332 e. The van der Waals surface area contributed by atoms with Crippen molar-refractivity contribution in [1.29, 1.82) is 0 Å². The minimum absolute atomic E-state index is 0.0424. The minimum atomic E-state index is -0.614. The van der Waals surface area contributed by atoms with Gasteiger partial charge in [0.25, 0.3) is 5.89 Å². The number of halogens is 2. The van der Waals surface area contributed by atoms with E-state index in [1.54, 1.807) is 0 Å². The van der Waals surface area contributed by atoms with E-state index in [0.717, 1.165) is 22.6 Å². The van der Waals surface area contributed by atoms with Gasteiger partial charge in [-0.05, 0) is 37.3 Å². The van der Waals surface area contributed by atoms with Crippen LogP contribution in [0.1, 0.15) is 5.56 Å². The predicted molar refractivity (Wildman–Crippen MR) is 123 cm³/mol. The molecule has 2 aromatic heterocycles. The highest BCUT2D eigenvalue weighted by atomic mass is 35.5. The first-order valence-corrected chi connectivity index (χ1v) is 10.5. The van der Waals surface area contributed by atoms with Crippen LogP contribution in [-0.2, 0) is 11.3 Å². The van der Waals surface area contributed by atoms with Crippen LogP contribution in [0, 0.1) is 12.7 Å². The lowest BCUT2D eigenvalue weighted by molar-refractivity contribution is -0.116.